The Labute approximate surface area is 142 Å². The normalized spacial score (nSPS) is 10.4. The summed E-state index contributed by atoms with van der Waals surface area (Å²) in [6.07, 6.45) is 1.08. The van der Waals surface area contributed by atoms with Crippen molar-refractivity contribution in [3.63, 3.8) is 0 Å². The molecule has 0 fully saturated rings. The lowest BCUT2D eigenvalue weighted by Crippen LogP contribution is -2.13. The van der Waals surface area contributed by atoms with Gasteiger partial charge < -0.3 is 10.1 Å². The van der Waals surface area contributed by atoms with Gasteiger partial charge in [0.15, 0.2) is 0 Å². The molecule has 122 valence electrons. The average Bonchev–Trinajstić information content (AvgIpc) is 2.49. The second-order valence-corrected chi connectivity index (χ2v) is 6.14. The molecule has 23 heavy (non-hydrogen) atoms. The highest BCUT2D eigenvalue weighted by Crippen LogP contribution is 2.21. The van der Waals surface area contributed by atoms with Crippen molar-refractivity contribution in [1.29, 1.82) is 0 Å². The van der Waals surface area contributed by atoms with E-state index in [-0.39, 0.29) is 5.91 Å². The van der Waals surface area contributed by atoms with Crippen molar-refractivity contribution in [1.82, 2.24) is 0 Å². The number of rotatable bonds is 6. The molecule has 0 bridgehead atoms. The van der Waals surface area contributed by atoms with Crippen LogP contribution in [0.3, 0.4) is 0 Å². The van der Waals surface area contributed by atoms with Crippen LogP contribution in [0, 0.1) is 20.8 Å². The molecule has 0 saturated carbocycles. The number of carbonyl (C=O) groups excluding carboxylic acids is 1. The minimum absolute atomic E-state index is 0.0332. The van der Waals surface area contributed by atoms with Gasteiger partial charge in [-0.2, -0.15) is 0 Å². The van der Waals surface area contributed by atoms with Gasteiger partial charge in [0.2, 0.25) is 5.91 Å². The Morgan fingerprint density at radius 1 is 1.09 bits per heavy atom. The van der Waals surface area contributed by atoms with E-state index in [2.05, 4.69) is 18.3 Å². The monoisotopic (exact) mass is 331 g/mol. The summed E-state index contributed by atoms with van der Waals surface area (Å²) in [6.45, 7) is 6.53. The molecule has 2 aromatic rings. The van der Waals surface area contributed by atoms with Gasteiger partial charge in [-0.1, -0.05) is 35.4 Å². The molecular weight excluding hydrogens is 310 g/mol. The highest BCUT2D eigenvalue weighted by Gasteiger charge is 2.05. The predicted octanol–water partition coefficient (Wildman–Crippen LogP) is 5.06. The second-order valence-electron chi connectivity index (χ2n) is 5.73. The number of benzene rings is 2. The van der Waals surface area contributed by atoms with Crippen LogP contribution in [0.2, 0.25) is 5.02 Å². The van der Waals surface area contributed by atoms with E-state index in [4.69, 9.17) is 16.3 Å². The van der Waals surface area contributed by atoms with Gasteiger partial charge in [0.05, 0.1) is 6.61 Å². The van der Waals surface area contributed by atoms with Gasteiger partial charge in [-0.05, 0) is 56.5 Å². The predicted molar refractivity (Wildman–Crippen MR) is 95.5 cm³/mol. The highest BCUT2D eigenvalue weighted by molar-refractivity contribution is 6.31. The molecule has 0 radical (unpaired) electrons. The number of hydrogen-bond acceptors (Lipinski definition) is 2. The summed E-state index contributed by atoms with van der Waals surface area (Å²) < 4.78 is 5.73. The van der Waals surface area contributed by atoms with E-state index >= 15 is 0 Å². The molecule has 3 nitrogen and oxygen atoms in total. The molecule has 4 heteroatoms. The lowest BCUT2D eigenvalue weighted by Gasteiger charge is -2.10. The number of carbonyl (C=O) groups is 1. The number of amides is 1. The third kappa shape index (κ3) is 5.29. The van der Waals surface area contributed by atoms with Gasteiger partial charge in [0.1, 0.15) is 5.75 Å². The summed E-state index contributed by atoms with van der Waals surface area (Å²) in [4.78, 5) is 11.9. The van der Waals surface area contributed by atoms with Crippen LogP contribution >= 0.6 is 11.6 Å². The van der Waals surface area contributed by atoms with Crippen molar-refractivity contribution in [3.05, 3.63) is 58.1 Å². The van der Waals surface area contributed by atoms with Gasteiger partial charge in [0, 0.05) is 17.1 Å². The minimum Gasteiger partial charge on any atom is -0.493 e. The molecule has 0 heterocycles. The molecule has 0 aromatic heterocycles. The van der Waals surface area contributed by atoms with Crippen LogP contribution in [0.15, 0.2) is 36.4 Å². The molecule has 2 rings (SSSR count). The fraction of sp³-hybridized carbons (Fsp3) is 0.316. The molecule has 0 atom stereocenters. The zero-order valence-electron chi connectivity index (χ0n) is 13.8. The summed E-state index contributed by atoms with van der Waals surface area (Å²) in [7, 11) is 0. The molecule has 1 amide bonds. The number of aryl methyl sites for hydroxylation is 3. The van der Waals surface area contributed by atoms with Crippen LogP contribution in [-0.2, 0) is 4.79 Å². The Morgan fingerprint density at radius 3 is 2.57 bits per heavy atom. The van der Waals surface area contributed by atoms with E-state index in [1.807, 2.05) is 38.1 Å². The van der Waals surface area contributed by atoms with Crippen LogP contribution in [-0.4, -0.2) is 12.5 Å². The molecule has 0 aliphatic heterocycles. The first-order valence-electron chi connectivity index (χ1n) is 7.72. The van der Waals surface area contributed by atoms with Crippen molar-refractivity contribution >= 4 is 23.2 Å². The lowest BCUT2D eigenvalue weighted by molar-refractivity contribution is -0.116. The van der Waals surface area contributed by atoms with Gasteiger partial charge in [-0.15, -0.1) is 0 Å². The van der Waals surface area contributed by atoms with Crippen LogP contribution in [0.25, 0.3) is 0 Å². The first-order valence-corrected chi connectivity index (χ1v) is 8.09. The topological polar surface area (TPSA) is 38.3 Å². The van der Waals surface area contributed by atoms with Crippen LogP contribution in [0.5, 0.6) is 5.75 Å². The third-order valence-corrected chi connectivity index (χ3v) is 4.00. The molecule has 2 aromatic carbocycles. The Bertz CT molecular complexity index is 698. The summed E-state index contributed by atoms with van der Waals surface area (Å²) in [5.74, 6) is 0.843. The second kappa shape index (κ2) is 8.02. The average molecular weight is 332 g/mol. The van der Waals surface area contributed by atoms with E-state index in [0.717, 1.165) is 22.6 Å². The molecule has 1 N–H and O–H groups in total. The zero-order chi connectivity index (χ0) is 16.8. The fourth-order valence-electron chi connectivity index (χ4n) is 2.27. The fourth-order valence-corrected chi connectivity index (χ4v) is 2.45. The van der Waals surface area contributed by atoms with Gasteiger partial charge >= 0.3 is 0 Å². The minimum atomic E-state index is -0.0332. The molecule has 0 aliphatic rings. The molecule has 0 spiro atoms. The number of halogens is 1. The largest absolute Gasteiger partial charge is 0.493 e. The Hall–Kier alpha value is -2.00. The SMILES string of the molecule is Cc1ccc(OCCCC(=O)Nc2ccc(C)c(Cl)c2)c(C)c1. The molecular formula is C19H22ClNO2. The van der Waals surface area contributed by atoms with Gasteiger partial charge in [-0.3, -0.25) is 4.79 Å². The Kier molecular flexibility index (Phi) is 6.05. The number of hydrogen-bond donors (Lipinski definition) is 1. The van der Waals surface area contributed by atoms with E-state index in [1.165, 1.54) is 5.56 Å². The molecule has 0 unspecified atom stereocenters. The van der Waals surface area contributed by atoms with E-state index < -0.39 is 0 Å². The standard InChI is InChI=1S/C19H22ClNO2/c1-13-6-9-18(15(3)11-13)23-10-4-5-19(22)21-16-8-7-14(2)17(20)12-16/h6-9,11-12H,4-5,10H2,1-3H3,(H,21,22). The number of ether oxygens (including phenoxy) is 1. The van der Waals surface area contributed by atoms with E-state index in [0.29, 0.717) is 24.5 Å². The van der Waals surface area contributed by atoms with Crippen molar-refractivity contribution in [3.8, 4) is 5.75 Å². The number of nitrogens with one attached hydrogen (secondary N) is 1. The van der Waals surface area contributed by atoms with Crippen LogP contribution in [0.4, 0.5) is 5.69 Å². The van der Waals surface area contributed by atoms with Crippen molar-refractivity contribution < 1.29 is 9.53 Å². The lowest BCUT2D eigenvalue weighted by atomic mass is 10.1. The Balaban J connectivity index is 1.75. The molecule has 0 saturated heterocycles. The summed E-state index contributed by atoms with van der Waals surface area (Å²) in [5, 5.41) is 3.50. The third-order valence-electron chi connectivity index (χ3n) is 3.59. The van der Waals surface area contributed by atoms with Crippen molar-refractivity contribution in [2.45, 2.75) is 33.6 Å². The Morgan fingerprint density at radius 2 is 1.87 bits per heavy atom. The first-order chi connectivity index (χ1) is 11.0. The summed E-state index contributed by atoms with van der Waals surface area (Å²) >= 11 is 6.05. The maximum Gasteiger partial charge on any atom is 0.224 e. The summed E-state index contributed by atoms with van der Waals surface area (Å²) in [6, 6.07) is 11.6. The van der Waals surface area contributed by atoms with Crippen molar-refractivity contribution in [2.75, 3.05) is 11.9 Å². The van der Waals surface area contributed by atoms with Gasteiger partial charge in [-0.25, -0.2) is 0 Å². The van der Waals surface area contributed by atoms with E-state index in [1.54, 1.807) is 6.07 Å². The molecule has 0 aliphatic carbocycles. The van der Waals surface area contributed by atoms with Crippen LogP contribution in [0.1, 0.15) is 29.5 Å². The first kappa shape index (κ1) is 17.4. The van der Waals surface area contributed by atoms with E-state index in [9.17, 15) is 4.79 Å². The quantitative estimate of drug-likeness (QED) is 0.751. The summed E-state index contributed by atoms with van der Waals surface area (Å²) in [5.41, 5.74) is 4.04. The van der Waals surface area contributed by atoms with Crippen molar-refractivity contribution in [2.24, 2.45) is 0 Å². The highest BCUT2D eigenvalue weighted by atomic mass is 35.5. The maximum absolute atomic E-state index is 11.9. The maximum atomic E-state index is 11.9. The zero-order valence-corrected chi connectivity index (χ0v) is 14.5. The van der Waals surface area contributed by atoms with Crippen LogP contribution < -0.4 is 10.1 Å². The number of anilines is 1. The van der Waals surface area contributed by atoms with Gasteiger partial charge in [0.25, 0.3) is 0 Å². The smallest absolute Gasteiger partial charge is 0.224 e.